The van der Waals surface area contributed by atoms with Crippen molar-refractivity contribution in [2.45, 2.75) is 25.7 Å². The molecule has 1 N–H and O–H groups in total. The van der Waals surface area contributed by atoms with Gasteiger partial charge in [-0.2, -0.15) is 0 Å². The summed E-state index contributed by atoms with van der Waals surface area (Å²) in [4.78, 5) is 30.9. The zero-order valence-corrected chi connectivity index (χ0v) is 15.8. The van der Waals surface area contributed by atoms with Crippen molar-refractivity contribution in [2.75, 3.05) is 57.7 Å². The summed E-state index contributed by atoms with van der Waals surface area (Å²) in [5.41, 5.74) is 0.600. The quantitative estimate of drug-likeness (QED) is 0.851. The van der Waals surface area contributed by atoms with Gasteiger partial charge >= 0.3 is 0 Å². The van der Waals surface area contributed by atoms with E-state index in [1.807, 2.05) is 4.90 Å². The van der Waals surface area contributed by atoms with Crippen LogP contribution in [0.5, 0.6) is 0 Å². The van der Waals surface area contributed by atoms with Crippen LogP contribution in [-0.4, -0.2) is 78.9 Å². The summed E-state index contributed by atoms with van der Waals surface area (Å²) >= 11 is 0. The smallest absolute Gasteiger partial charge is 0.238 e. The van der Waals surface area contributed by atoms with Crippen LogP contribution in [0, 0.1) is 5.82 Å². The van der Waals surface area contributed by atoms with Crippen LogP contribution < -0.4 is 5.32 Å². The maximum Gasteiger partial charge on any atom is 0.238 e. The van der Waals surface area contributed by atoms with E-state index in [1.165, 1.54) is 25.0 Å². The summed E-state index contributed by atoms with van der Waals surface area (Å²) in [6, 6.07) is 5.77. The second-order valence-corrected chi connectivity index (χ2v) is 7.40. The lowest BCUT2D eigenvalue weighted by atomic mass is 10.2. The zero-order valence-electron chi connectivity index (χ0n) is 15.8. The maximum absolute atomic E-state index is 12.9. The highest BCUT2D eigenvalue weighted by Gasteiger charge is 2.23. The first-order valence-electron chi connectivity index (χ1n) is 9.88. The van der Waals surface area contributed by atoms with Crippen LogP contribution >= 0.6 is 0 Å². The summed E-state index contributed by atoms with van der Waals surface area (Å²) < 4.78 is 12.9. The first kappa shape index (κ1) is 19.8. The van der Waals surface area contributed by atoms with Crippen molar-refractivity contribution in [1.82, 2.24) is 14.7 Å². The second-order valence-electron chi connectivity index (χ2n) is 7.40. The molecular weight excluding hydrogens is 347 g/mol. The highest BCUT2D eigenvalue weighted by Crippen LogP contribution is 2.11. The molecule has 3 rings (SSSR count). The monoisotopic (exact) mass is 376 g/mol. The van der Waals surface area contributed by atoms with Crippen LogP contribution in [0.25, 0.3) is 0 Å². The Morgan fingerprint density at radius 2 is 1.37 bits per heavy atom. The molecule has 2 aliphatic heterocycles. The van der Waals surface area contributed by atoms with Gasteiger partial charge in [0.05, 0.1) is 13.1 Å². The number of nitrogens with one attached hydrogen (secondary N) is 1. The van der Waals surface area contributed by atoms with E-state index in [0.717, 1.165) is 52.1 Å². The van der Waals surface area contributed by atoms with Gasteiger partial charge in [0.2, 0.25) is 11.8 Å². The third-order valence-electron chi connectivity index (χ3n) is 5.28. The number of carbonyl (C=O) groups is 2. The molecular formula is C20H29FN4O2. The maximum atomic E-state index is 12.9. The Morgan fingerprint density at radius 1 is 0.815 bits per heavy atom. The predicted octanol–water partition coefficient (Wildman–Crippen LogP) is 1.78. The van der Waals surface area contributed by atoms with Crippen LogP contribution in [-0.2, 0) is 9.59 Å². The van der Waals surface area contributed by atoms with E-state index in [-0.39, 0.29) is 17.6 Å². The molecule has 1 aromatic carbocycles. The largest absolute Gasteiger partial charge is 0.342 e. The number of carbonyl (C=O) groups excluding carboxylic acids is 2. The Morgan fingerprint density at radius 3 is 1.96 bits per heavy atom. The van der Waals surface area contributed by atoms with Crippen molar-refractivity contribution in [2.24, 2.45) is 0 Å². The molecule has 2 aliphatic rings. The van der Waals surface area contributed by atoms with Gasteiger partial charge in [0.15, 0.2) is 0 Å². The SMILES string of the molecule is O=C(CN1CCN(CC(=O)N2CCCCCC2)CC1)Nc1ccc(F)cc1. The fourth-order valence-corrected chi connectivity index (χ4v) is 3.65. The Kier molecular flexibility index (Phi) is 7.18. The van der Waals surface area contributed by atoms with Crippen molar-refractivity contribution < 1.29 is 14.0 Å². The minimum atomic E-state index is -0.321. The first-order valence-corrected chi connectivity index (χ1v) is 9.88. The van der Waals surface area contributed by atoms with Crippen molar-refractivity contribution >= 4 is 17.5 Å². The lowest BCUT2D eigenvalue weighted by Gasteiger charge is -2.35. The molecule has 0 saturated carbocycles. The van der Waals surface area contributed by atoms with Crippen LogP contribution in [0.3, 0.4) is 0 Å². The minimum absolute atomic E-state index is 0.101. The van der Waals surface area contributed by atoms with Gasteiger partial charge < -0.3 is 10.2 Å². The molecule has 0 unspecified atom stereocenters. The molecule has 0 spiro atoms. The van der Waals surface area contributed by atoms with Gasteiger partial charge in [-0.15, -0.1) is 0 Å². The average molecular weight is 376 g/mol. The molecule has 1 aromatic rings. The van der Waals surface area contributed by atoms with Gasteiger partial charge in [-0.1, -0.05) is 12.8 Å². The van der Waals surface area contributed by atoms with E-state index in [0.29, 0.717) is 18.8 Å². The fraction of sp³-hybridized carbons (Fsp3) is 0.600. The molecule has 2 fully saturated rings. The number of piperazine rings is 1. The van der Waals surface area contributed by atoms with Gasteiger partial charge in [-0.3, -0.25) is 19.4 Å². The van der Waals surface area contributed by atoms with Gasteiger partial charge in [0, 0.05) is 45.0 Å². The number of rotatable bonds is 5. The summed E-state index contributed by atoms with van der Waals surface area (Å²) in [7, 11) is 0. The number of likely N-dealkylation sites (tertiary alicyclic amines) is 1. The average Bonchev–Trinajstić information content (AvgIpc) is 2.95. The van der Waals surface area contributed by atoms with Gasteiger partial charge in [0.1, 0.15) is 5.82 Å². The van der Waals surface area contributed by atoms with Crippen LogP contribution in [0.15, 0.2) is 24.3 Å². The third-order valence-corrected chi connectivity index (χ3v) is 5.28. The lowest BCUT2D eigenvalue weighted by Crippen LogP contribution is -2.51. The molecule has 0 bridgehead atoms. The molecule has 148 valence electrons. The first-order chi connectivity index (χ1) is 13.1. The molecule has 2 heterocycles. The van der Waals surface area contributed by atoms with E-state index < -0.39 is 0 Å². The van der Waals surface area contributed by atoms with E-state index in [1.54, 1.807) is 12.1 Å². The number of nitrogens with zero attached hydrogens (tertiary/aromatic N) is 3. The molecule has 6 nitrogen and oxygen atoms in total. The Balaban J connectivity index is 1.37. The minimum Gasteiger partial charge on any atom is -0.342 e. The van der Waals surface area contributed by atoms with Gasteiger partial charge in [-0.25, -0.2) is 4.39 Å². The number of anilines is 1. The lowest BCUT2D eigenvalue weighted by molar-refractivity contribution is -0.133. The van der Waals surface area contributed by atoms with Crippen LogP contribution in [0.1, 0.15) is 25.7 Å². The van der Waals surface area contributed by atoms with Crippen LogP contribution in [0.2, 0.25) is 0 Å². The van der Waals surface area contributed by atoms with Gasteiger partial charge in [-0.05, 0) is 37.1 Å². The van der Waals surface area contributed by atoms with Crippen molar-refractivity contribution in [3.8, 4) is 0 Å². The molecule has 7 heteroatoms. The van der Waals surface area contributed by atoms with E-state index >= 15 is 0 Å². The summed E-state index contributed by atoms with van der Waals surface area (Å²) in [6.45, 7) is 5.70. The van der Waals surface area contributed by atoms with E-state index in [2.05, 4.69) is 15.1 Å². The number of halogens is 1. The number of hydrogen-bond donors (Lipinski definition) is 1. The number of amides is 2. The Labute approximate surface area is 160 Å². The highest BCUT2D eigenvalue weighted by molar-refractivity contribution is 5.92. The van der Waals surface area contributed by atoms with Crippen LogP contribution in [0.4, 0.5) is 10.1 Å². The highest BCUT2D eigenvalue weighted by atomic mass is 19.1. The molecule has 0 aromatic heterocycles. The zero-order chi connectivity index (χ0) is 19.1. The molecule has 0 radical (unpaired) electrons. The molecule has 0 aliphatic carbocycles. The standard InChI is InChI=1S/C20H29FN4O2/c21-17-5-7-18(8-6-17)22-19(26)15-23-11-13-24(14-12-23)16-20(27)25-9-3-1-2-4-10-25/h5-8H,1-4,9-16H2,(H,22,26). The van der Waals surface area contributed by atoms with Crippen molar-refractivity contribution in [3.05, 3.63) is 30.1 Å². The summed E-state index contributed by atoms with van der Waals surface area (Å²) in [5, 5.41) is 2.79. The molecule has 2 amide bonds. The number of benzene rings is 1. The normalized spacial score (nSPS) is 19.5. The summed E-state index contributed by atoms with van der Waals surface area (Å²) in [5.74, 6) is -0.186. The summed E-state index contributed by atoms with van der Waals surface area (Å²) in [6.07, 6.45) is 4.68. The molecule has 2 saturated heterocycles. The fourth-order valence-electron chi connectivity index (χ4n) is 3.65. The number of hydrogen-bond acceptors (Lipinski definition) is 4. The van der Waals surface area contributed by atoms with E-state index in [9.17, 15) is 14.0 Å². The topological polar surface area (TPSA) is 55.9 Å². The van der Waals surface area contributed by atoms with Crippen molar-refractivity contribution in [1.29, 1.82) is 0 Å². The van der Waals surface area contributed by atoms with Crippen molar-refractivity contribution in [3.63, 3.8) is 0 Å². The predicted molar refractivity (Wildman–Crippen MR) is 103 cm³/mol. The van der Waals surface area contributed by atoms with Gasteiger partial charge in [0.25, 0.3) is 0 Å². The Bertz CT molecular complexity index is 621. The third kappa shape index (κ3) is 6.29. The second kappa shape index (κ2) is 9.80. The Hall–Kier alpha value is -1.99. The molecule has 0 atom stereocenters. The van der Waals surface area contributed by atoms with E-state index in [4.69, 9.17) is 0 Å². The molecule has 27 heavy (non-hydrogen) atoms.